The number of aromatic amines is 1. The Labute approximate surface area is 92.9 Å². The van der Waals surface area contributed by atoms with Crippen molar-refractivity contribution >= 4 is 22.5 Å². The smallest absolute Gasteiger partial charge is 0.0941 e. The van der Waals surface area contributed by atoms with Crippen LogP contribution in [0.4, 0.5) is 0 Å². The standard InChI is InChI=1S/C12H12ClNO/c13-7-4-5-10-9(6-7)8-2-1-3-11(15)12(8)14-10/h4-6,11,14-15H,1-3H2. The van der Waals surface area contributed by atoms with Gasteiger partial charge in [0.05, 0.1) is 6.10 Å². The fourth-order valence-electron chi connectivity index (χ4n) is 2.41. The highest BCUT2D eigenvalue weighted by molar-refractivity contribution is 6.31. The zero-order valence-electron chi connectivity index (χ0n) is 8.26. The van der Waals surface area contributed by atoms with Gasteiger partial charge in [0.1, 0.15) is 0 Å². The number of H-pyrrole nitrogens is 1. The van der Waals surface area contributed by atoms with Crippen LogP contribution >= 0.6 is 11.6 Å². The highest BCUT2D eigenvalue weighted by Gasteiger charge is 2.22. The van der Waals surface area contributed by atoms with Crippen molar-refractivity contribution in [3.63, 3.8) is 0 Å². The normalized spacial score (nSPS) is 20.5. The maximum absolute atomic E-state index is 9.87. The Kier molecular flexibility index (Phi) is 2.01. The SMILES string of the molecule is OC1CCCc2c1[nH]c1ccc(Cl)cc21. The van der Waals surface area contributed by atoms with Crippen LogP contribution < -0.4 is 0 Å². The second kappa shape index (κ2) is 3.26. The van der Waals surface area contributed by atoms with Crippen molar-refractivity contribution in [1.82, 2.24) is 4.98 Å². The lowest BCUT2D eigenvalue weighted by atomic mass is 9.94. The van der Waals surface area contributed by atoms with Crippen LogP contribution in [0.2, 0.25) is 5.02 Å². The third kappa shape index (κ3) is 1.36. The van der Waals surface area contributed by atoms with Gasteiger partial charge in [0.15, 0.2) is 0 Å². The predicted molar refractivity (Wildman–Crippen MR) is 61.2 cm³/mol. The summed E-state index contributed by atoms with van der Waals surface area (Å²) in [6.07, 6.45) is 2.61. The molecule has 1 heterocycles. The Morgan fingerprint density at radius 1 is 1.40 bits per heavy atom. The van der Waals surface area contributed by atoms with Crippen LogP contribution in [-0.2, 0) is 6.42 Å². The fourth-order valence-corrected chi connectivity index (χ4v) is 2.58. The summed E-state index contributed by atoms with van der Waals surface area (Å²) >= 11 is 5.98. The lowest BCUT2D eigenvalue weighted by Crippen LogP contribution is -2.07. The van der Waals surface area contributed by atoms with Crippen molar-refractivity contribution in [2.24, 2.45) is 0 Å². The number of aryl methyl sites for hydroxylation is 1. The average molecular weight is 222 g/mol. The van der Waals surface area contributed by atoms with Gasteiger partial charge >= 0.3 is 0 Å². The van der Waals surface area contributed by atoms with Gasteiger partial charge < -0.3 is 10.1 Å². The van der Waals surface area contributed by atoms with E-state index in [0.717, 1.165) is 40.9 Å². The molecule has 0 saturated heterocycles. The molecule has 2 N–H and O–H groups in total. The fraction of sp³-hybridized carbons (Fsp3) is 0.333. The first-order valence-corrected chi connectivity index (χ1v) is 5.61. The Bertz CT molecular complexity index is 518. The Hall–Kier alpha value is -0.990. The van der Waals surface area contributed by atoms with E-state index in [4.69, 9.17) is 11.6 Å². The molecule has 3 rings (SSSR count). The third-order valence-electron chi connectivity index (χ3n) is 3.14. The van der Waals surface area contributed by atoms with Crippen molar-refractivity contribution in [2.75, 3.05) is 0 Å². The van der Waals surface area contributed by atoms with Gasteiger partial charge in [-0.05, 0) is 43.0 Å². The zero-order chi connectivity index (χ0) is 10.4. The number of aromatic nitrogens is 1. The molecule has 0 aliphatic heterocycles. The topological polar surface area (TPSA) is 36.0 Å². The minimum Gasteiger partial charge on any atom is -0.387 e. The van der Waals surface area contributed by atoms with Crippen molar-refractivity contribution < 1.29 is 5.11 Å². The van der Waals surface area contributed by atoms with Crippen molar-refractivity contribution in [3.05, 3.63) is 34.5 Å². The number of rotatable bonds is 0. The zero-order valence-corrected chi connectivity index (χ0v) is 9.01. The maximum Gasteiger partial charge on any atom is 0.0941 e. The first-order chi connectivity index (χ1) is 7.25. The van der Waals surface area contributed by atoms with Crippen LogP contribution in [-0.4, -0.2) is 10.1 Å². The summed E-state index contributed by atoms with van der Waals surface area (Å²) in [5.41, 5.74) is 3.30. The molecule has 15 heavy (non-hydrogen) atoms. The molecule has 1 aromatic carbocycles. The monoisotopic (exact) mass is 221 g/mol. The van der Waals surface area contributed by atoms with Gasteiger partial charge in [-0.2, -0.15) is 0 Å². The Morgan fingerprint density at radius 2 is 2.27 bits per heavy atom. The van der Waals surface area contributed by atoms with Gasteiger partial charge in [0.2, 0.25) is 0 Å². The molecule has 2 nitrogen and oxygen atoms in total. The first kappa shape index (κ1) is 9.25. The van der Waals surface area contributed by atoms with Gasteiger partial charge in [-0.3, -0.25) is 0 Å². The maximum atomic E-state index is 9.87. The first-order valence-electron chi connectivity index (χ1n) is 5.24. The minimum atomic E-state index is -0.333. The predicted octanol–water partition coefficient (Wildman–Crippen LogP) is 3.19. The van der Waals surface area contributed by atoms with E-state index in [2.05, 4.69) is 4.98 Å². The van der Waals surface area contributed by atoms with E-state index < -0.39 is 0 Å². The summed E-state index contributed by atoms with van der Waals surface area (Å²) in [6, 6.07) is 5.82. The molecule has 3 heteroatoms. The molecule has 0 saturated carbocycles. The average Bonchev–Trinajstić information content (AvgIpc) is 2.58. The molecule has 0 spiro atoms. The summed E-state index contributed by atoms with van der Waals surface area (Å²) in [5, 5.41) is 11.8. The molecule has 1 aliphatic carbocycles. The van der Waals surface area contributed by atoms with E-state index in [1.54, 1.807) is 0 Å². The van der Waals surface area contributed by atoms with Crippen LogP contribution in [0.15, 0.2) is 18.2 Å². The van der Waals surface area contributed by atoms with E-state index >= 15 is 0 Å². The van der Waals surface area contributed by atoms with Gasteiger partial charge in [-0.15, -0.1) is 0 Å². The molecule has 0 radical (unpaired) electrons. The van der Waals surface area contributed by atoms with Crippen molar-refractivity contribution in [1.29, 1.82) is 0 Å². The Balaban J connectivity index is 2.31. The quantitative estimate of drug-likeness (QED) is 0.704. The summed E-state index contributed by atoms with van der Waals surface area (Å²) in [7, 11) is 0. The number of hydrogen-bond donors (Lipinski definition) is 2. The number of fused-ring (bicyclic) bond motifs is 3. The molecule has 1 aliphatic rings. The highest BCUT2D eigenvalue weighted by Crippen LogP contribution is 2.35. The van der Waals surface area contributed by atoms with Crippen molar-refractivity contribution in [3.8, 4) is 0 Å². The van der Waals surface area contributed by atoms with Crippen molar-refractivity contribution in [2.45, 2.75) is 25.4 Å². The van der Waals surface area contributed by atoms with E-state index in [0.29, 0.717) is 0 Å². The summed E-state index contributed by atoms with van der Waals surface area (Å²) in [4.78, 5) is 3.28. The van der Waals surface area contributed by atoms with Crippen LogP contribution in [0.3, 0.4) is 0 Å². The molecule has 0 amide bonds. The third-order valence-corrected chi connectivity index (χ3v) is 3.37. The van der Waals surface area contributed by atoms with Gasteiger partial charge in [0, 0.05) is 21.6 Å². The second-order valence-electron chi connectivity index (χ2n) is 4.12. The van der Waals surface area contributed by atoms with Crippen LogP contribution in [0.25, 0.3) is 10.9 Å². The molecular weight excluding hydrogens is 210 g/mol. The number of hydrogen-bond acceptors (Lipinski definition) is 1. The number of nitrogens with one attached hydrogen (secondary N) is 1. The molecule has 1 atom stereocenters. The Morgan fingerprint density at radius 3 is 3.13 bits per heavy atom. The largest absolute Gasteiger partial charge is 0.387 e. The van der Waals surface area contributed by atoms with E-state index in [9.17, 15) is 5.11 Å². The molecule has 78 valence electrons. The van der Waals surface area contributed by atoms with E-state index in [1.165, 1.54) is 5.56 Å². The van der Waals surface area contributed by atoms with Crippen LogP contribution in [0.5, 0.6) is 0 Å². The molecular formula is C12H12ClNO. The molecule has 1 aromatic heterocycles. The van der Waals surface area contributed by atoms with E-state index in [-0.39, 0.29) is 6.10 Å². The lowest BCUT2D eigenvalue weighted by Gasteiger charge is -2.17. The summed E-state index contributed by atoms with van der Waals surface area (Å²) in [6.45, 7) is 0. The second-order valence-corrected chi connectivity index (χ2v) is 4.55. The highest BCUT2D eigenvalue weighted by atomic mass is 35.5. The lowest BCUT2D eigenvalue weighted by molar-refractivity contribution is 0.153. The number of benzene rings is 1. The van der Waals surface area contributed by atoms with E-state index in [1.807, 2.05) is 18.2 Å². The summed E-state index contributed by atoms with van der Waals surface area (Å²) < 4.78 is 0. The minimum absolute atomic E-state index is 0.333. The van der Waals surface area contributed by atoms with Crippen LogP contribution in [0, 0.1) is 0 Å². The number of aliphatic hydroxyl groups is 1. The molecule has 0 bridgehead atoms. The molecule has 2 aromatic rings. The summed E-state index contributed by atoms with van der Waals surface area (Å²) in [5.74, 6) is 0. The van der Waals surface area contributed by atoms with Gasteiger partial charge in [0.25, 0.3) is 0 Å². The molecule has 0 fully saturated rings. The van der Waals surface area contributed by atoms with Gasteiger partial charge in [-0.25, -0.2) is 0 Å². The van der Waals surface area contributed by atoms with Gasteiger partial charge in [-0.1, -0.05) is 11.6 Å². The number of halogens is 1. The molecule has 1 unspecified atom stereocenters. The number of aliphatic hydroxyl groups excluding tert-OH is 1. The van der Waals surface area contributed by atoms with Crippen LogP contribution in [0.1, 0.15) is 30.2 Å².